The largest absolute Gasteiger partial charge is 0.496 e. The average Bonchev–Trinajstić information content (AvgIpc) is 3.15. The van der Waals surface area contributed by atoms with Crippen LogP contribution in [-0.2, 0) is 4.74 Å². The highest BCUT2D eigenvalue weighted by atomic mass is 16.5. The molecule has 1 aliphatic rings. The predicted octanol–water partition coefficient (Wildman–Crippen LogP) is 1.67. The van der Waals surface area contributed by atoms with Gasteiger partial charge in [-0.3, -0.25) is 0 Å². The second-order valence-corrected chi connectivity index (χ2v) is 5.23. The van der Waals surface area contributed by atoms with Crippen LogP contribution in [0.3, 0.4) is 0 Å². The number of anilines is 1. The van der Waals surface area contributed by atoms with Crippen LogP contribution in [0.5, 0.6) is 5.75 Å². The first-order valence-electron chi connectivity index (χ1n) is 6.97. The zero-order chi connectivity index (χ0) is 14.8. The molecule has 2 aromatic rings. The average molecular weight is 289 g/mol. The molecule has 0 aliphatic heterocycles. The van der Waals surface area contributed by atoms with Gasteiger partial charge in [0.2, 0.25) is 0 Å². The predicted molar refractivity (Wildman–Crippen MR) is 77.9 cm³/mol. The van der Waals surface area contributed by atoms with E-state index >= 15 is 0 Å². The van der Waals surface area contributed by atoms with Crippen LogP contribution in [0.25, 0.3) is 11.4 Å². The quantitative estimate of drug-likeness (QED) is 0.861. The van der Waals surface area contributed by atoms with E-state index in [0.717, 1.165) is 24.8 Å². The Labute approximate surface area is 123 Å². The molecule has 2 unspecified atom stereocenters. The molecule has 112 valence electrons. The Morgan fingerprint density at radius 2 is 2.14 bits per heavy atom. The molecule has 7 nitrogen and oxygen atoms in total. The molecule has 0 radical (unpaired) electrons. The van der Waals surface area contributed by atoms with Gasteiger partial charge >= 0.3 is 0 Å². The minimum Gasteiger partial charge on any atom is -0.496 e. The van der Waals surface area contributed by atoms with Gasteiger partial charge in [-0.05, 0) is 47.9 Å². The van der Waals surface area contributed by atoms with Crippen LogP contribution in [0.1, 0.15) is 25.3 Å². The van der Waals surface area contributed by atoms with Crippen LogP contribution in [-0.4, -0.2) is 40.5 Å². The number of hydrogen-bond donors (Lipinski definition) is 1. The van der Waals surface area contributed by atoms with Gasteiger partial charge in [0.25, 0.3) is 0 Å². The Hall–Kier alpha value is -2.15. The molecule has 1 heterocycles. The number of rotatable bonds is 4. The zero-order valence-corrected chi connectivity index (χ0v) is 12.2. The van der Waals surface area contributed by atoms with E-state index in [1.807, 2.05) is 16.8 Å². The molecule has 0 bridgehead atoms. The van der Waals surface area contributed by atoms with Crippen molar-refractivity contribution in [2.75, 3.05) is 20.0 Å². The molecule has 2 atom stereocenters. The van der Waals surface area contributed by atoms with Crippen molar-refractivity contribution in [1.29, 1.82) is 0 Å². The summed E-state index contributed by atoms with van der Waals surface area (Å²) in [6.45, 7) is 0. The summed E-state index contributed by atoms with van der Waals surface area (Å²) >= 11 is 0. The number of nitrogen functional groups attached to an aromatic ring is 1. The van der Waals surface area contributed by atoms with Crippen molar-refractivity contribution in [1.82, 2.24) is 20.2 Å². The lowest BCUT2D eigenvalue weighted by Gasteiger charge is -2.14. The summed E-state index contributed by atoms with van der Waals surface area (Å²) in [7, 11) is 3.37. The van der Waals surface area contributed by atoms with Crippen LogP contribution < -0.4 is 10.5 Å². The molecule has 1 saturated carbocycles. The molecular formula is C14H19N5O2. The van der Waals surface area contributed by atoms with Gasteiger partial charge in [0.05, 0.1) is 24.8 Å². The third-order valence-electron chi connectivity index (χ3n) is 3.99. The van der Waals surface area contributed by atoms with Gasteiger partial charge in [0.1, 0.15) is 5.75 Å². The van der Waals surface area contributed by atoms with E-state index in [0.29, 0.717) is 17.3 Å². The van der Waals surface area contributed by atoms with Gasteiger partial charge in [-0.2, -0.15) is 0 Å². The fourth-order valence-corrected chi connectivity index (χ4v) is 2.87. The maximum absolute atomic E-state index is 5.88. The first kappa shape index (κ1) is 13.8. The lowest BCUT2D eigenvalue weighted by molar-refractivity contribution is 0.105. The van der Waals surface area contributed by atoms with Gasteiger partial charge in [-0.1, -0.05) is 0 Å². The Morgan fingerprint density at radius 3 is 2.86 bits per heavy atom. The summed E-state index contributed by atoms with van der Waals surface area (Å²) in [5.74, 6) is 1.39. The van der Waals surface area contributed by atoms with Crippen molar-refractivity contribution in [3.8, 4) is 17.1 Å². The molecule has 0 saturated heterocycles. The van der Waals surface area contributed by atoms with E-state index in [2.05, 4.69) is 15.5 Å². The van der Waals surface area contributed by atoms with E-state index in [4.69, 9.17) is 15.2 Å². The van der Waals surface area contributed by atoms with Crippen molar-refractivity contribution < 1.29 is 9.47 Å². The molecule has 0 spiro atoms. The molecule has 1 aliphatic carbocycles. The first-order chi connectivity index (χ1) is 10.2. The van der Waals surface area contributed by atoms with Gasteiger partial charge < -0.3 is 15.2 Å². The van der Waals surface area contributed by atoms with Crippen molar-refractivity contribution >= 4 is 5.69 Å². The molecule has 1 fully saturated rings. The Morgan fingerprint density at radius 1 is 1.29 bits per heavy atom. The second kappa shape index (κ2) is 5.69. The molecule has 0 amide bonds. The van der Waals surface area contributed by atoms with Crippen molar-refractivity contribution in [3.63, 3.8) is 0 Å². The normalized spacial score (nSPS) is 21.6. The standard InChI is InChI=1S/C14H19N5O2/c1-20-11-5-4-10(8-11)19-14(16-17-18-19)12-7-9(15)3-6-13(12)21-2/h3,6-7,10-11H,4-5,8,15H2,1-2H3. The summed E-state index contributed by atoms with van der Waals surface area (Å²) in [6, 6.07) is 5.71. The molecule has 1 aromatic heterocycles. The van der Waals surface area contributed by atoms with Crippen LogP contribution in [0.15, 0.2) is 18.2 Å². The third-order valence-corrected chi connectivity index (χ3v) is 3.99. The van der Waals surface area contributed by atoms with Gasteiger partial charge in [0.15, 0.2) is 5.82 Å². The molecule has 7 heteroatoms. The number of ether oxygens (including phenoxy) is 2. The number of benzene rings is 1. The van der Waals surface area contributed by atoms with Crippen LogP contribution in [0, 0.1) is 0 Å². The number of tetrazole rings is 1. The number of hydrogen-bond acceptors (Lipinski definition) is 6. The monoisotopic (exact) mass is 289 g/mol. The number of methoxy groups -OCH3 is 2. The SMILES string of the molecule is COc1ccc(N)cc1-c1nnnn1C1CCC(OC)C1. The summed E-state index contributed by atoms with van der Waals surface area (Å²) in [5, 5.41) is 12.1. The second-order valence-electron chi connectivity index (χ2n) is 5.23. The van der Waals surface area contributed by atoms with Crippen LogP contribution in [0.2, 0.25) is 0 Å². The number of nitrogens with zero attached hydrogens (tertiary/aromatic N) is 4. The summed E-state index contributed by atoms with van der Waals surface area (Å²) in [4.78, 5) is 0. The van der Waals surface area contributed by atoms with Crippen LogP contribution in [0.4, 0.5) is 5.69 Å². The minimum atomic E-state index is 0.242. The topological polar surface area (TPSA) is 88.1 Å². The fourth-order valence-electron chi connectivity index (χ4n) is 2.87. The Balaban J connectivity index is 1.98. The summed E-state index contributed by atoms with van der Waals surface area (Å²) in [5.41, 5.74) is 7.34. The van der Waals surface area contributed by atoms with E-state index in [1.165, 1.54) is 0 Å². The highest BCUT2D eigenvalue weighted by Crippen LogP contribution is 2.36. The van der Waals surface area contributed by atoms with Gasteiger partial charge in [-0.15, -0.1) is 5.10 Å². The zero-order valence-electron chi connectivity index (χ0n) is 12.2. The molecule has 1 aromatic carbocycles. The van der Waals surface area contributed by atoms with Crippen molar-refractivity contribution in [3.05, 3.63) is 18.2 Å². The lowest BCUT2D eigenvalue weighted by Crippen LogP contribution is -2.12. The molecule has 3 rings (SSSR count). The van der Waals surface area contributed by atoms with E-state index in [-0.39, 0.29) is 12.1 Å². The maximum Gasteiger partial charge on any atom is 0.186 e. The molecule has 21 heavy (non-hydrogen) atoms. The van der Waals surface area contributed by atoms with Crippen molar-refractivity contribution in [2.24, 2.45) is 0 Å². The first-order valence-corrected chi connectivity index (χ1v) is 6.97. The number of nitrogens with two attached hydrogens (primary N) is 1. The third kappa shape index (κ3) is 2.56. The molecular weight excluding hydrogens is 270 g/mol. The van der Waals surface area contributed by atoms with E-state index in [1.54, 1.807) is 20.3 Å². The Kier molecular flexibility index (Phi) is 3.74. The van der Waals surface area contributed by atoms with E-state index in [9.17, 15) is 0 Å². The van der Waals surface area contributed by atoms with Crippen molar-refractivity contribution in [2.45, 2.75) is 31.4 Å². The fraction of sp³-hybridized carbons (Fsp3) is 0.500. The minimum absolute atomic E-state index is 0.242. The molecule has 2 N–H and O–H groups in total. The lowest BCUT2D eigenvalue weighted by atomic mass is 10.1. The number of aromatic nitrogens is 4. The Bertz CT molecular complexity index is 628. The maximum atomic E-state index is 5.88. The van der Waals surface area contributed by atoms with Crippen LogP contribution >= 0.6 is 0 Å². The smallest absolute Gasteiger partial charge is 0.186 e. The van der Waals surface area contributed by atoms with Gasteiger partial charge in [-0.25, -0.2) is 4.68 Å². The van der Waals surface area contributed by atoms with E-state index < -0.39 is 0 Å². The highest BCUT2D eigenvalue weighted by Gasteiger charge is 2.29. The van der Waals surface area contributed by atoms with Gasteiger partial charge in [0, 0.05) is 12.8 Å². The summed E-state index contributed by atoms with van der Waals surface area (Å²) in [6.07, 6.45) is 3.21. The highest BCUT2D eigenvalue weighted by molar-refractivity contribution is 5.68. The summed E-state index contributed by atoms with van der Waals surface area (Å²) < 4.78 is 12.7.